The average Bonchev–Trinajstić information content (AvgIpc) is 2.39. The third kappa shape index (κ3) is 6.19. The van der Waals surface area contributed by atoms with Gasteiger partial charge in [0.1, 0.15) is 0 Å². The molecule has 2 atom stereocenters. The van der Waals surface area contributed by atoms with Crippen LogP contribution in [0, 0.1) is 5.92 Å². The standard InChI is InChI=1S/C16H34N2/c1-4-6-7-9-15(3)18(12-5-2)14-16-10-8-11-17-13-16/h15-17H,4-14H2,1-3H3. The van der Waals surface area contributed by atoms with Gasteiger partial charge in [-0.1, -0.05) is 33.1 Å². The zero-order valence-corrected chi connectivity index (χ0v) is 12.9. The number of hydrogen-bond acceptors (Lipinski definition) is 2. The van der Waals surface area contributed by atoms with E-state index in [4.69, 9.17) is 0 Å². The second-order valence-electron chi connectivity index (χ2n) is 6.05. The molecule has 2 heteroatoms. The molecular weight excluding hydrogens is 220 g/mol. The molecule has 108 valence electrons. The van der Waals surface area contributed by atoms with Crippen LogP contribution in [0.1, 0.15) is 65.7 Å². The van der Waals surface area contributed by atoms with Crippen molar-refractivity contribution in [2.45, 2.75) is 71.8 Å². The van der Waals surface area contributed by atoms with Crippen molar-refractivity contribution in [2.24, 2.45) is 5.92 Å². The van der Waals surface area contributed by atoms with Crippen LogP contribution >= 0.6 is 0 Å². The van der Waals surface area contributed by atoms with E-state index < -0.39 is 0 Å². The van der Waals surface area contributed by atoms with Crippen molar-refractivity contribution in [3.63, 3.8) is 0 Å². The summed E-state index contributed by atoms with van der Waals surface area (Å²) < 4.78 is 0. The topological polar surface area (TPSA) is 15.3 Å². The Morgan fingerprint density at radius 3 is 2.67 bits per heavy atom. The predicted octanol–water partition coefficient (Wildman–Crippen LogP) is 3.67. The number of nitrogens with zero attached hydrogens (tertiary/aromatic N) is 1. The lowest BCUT2D eigenvalue weighted by Crippen LogP contribution is -2.42. The molecule has 0 aliphatic carbocycles. The molecule has 1 aliphatic heterocycles. The summed E-state index contributed by atoms with van der Waals surface area (Å²) in [5.41, 5.74) is 0. The zero-order valence-electron chi connectivity index (χ0n) is 12.9. The summed E-state index contributed by atoms with van der Waals surface area (Å²) in [6, 6.07) is 0.776. The number of rotatable bonds is 9. The van der Waals surface area contributed by atoms with Crippen LogP contribution in [-0.4, -0.2) is 37.1 Å². The summed E-state index contributed by atoms with van der Waals surface area (Å²) in [4.78, 5) is 2.74. The molecule has 0 radical (unpaired) electrons. The van der Waals surface area contributed by atoms with Crippen molar-refractivity contribution in [3.8, 4) is 0 Å². The number of piperidine rings is 1. The van der Waals surface area contributed by atoms with Crippen LogP contribution in [0.15, 0.2) is 0 Å². The highest BCUT2D eigenvalue weighted by atomic mass is 15.2. The summed E-state index contributed by atoms with van der Waals surface area (Å²) in [5, 5.41) is 3.55. The maximum absolute atomic E-state index is 3.55. The largest absolute Gasteiger partial charge is 0.316 e. The molecule has 1 aliphatic rings. The van der Waals surface area contributed by atoms with Gasteiger partial charge in [0.2, 0.25) is 0 Å². The highest BCUT2D eigenvalue weighted by Gasteiger charge is 2.19. The molecule has 0 aromatic carbocycles. The van der Waals surface area contributed by atoms with E-state index in [0.29, 0.717) is 0 Å². The van der Waals surface area contributed by atoms with E-state index in [0.717, 1.165) is 12.0 Å². The fraction of sp³-hybridized carbons (Fsp3) is 1.00. The Balaban J connectivity index is 2.31. The Morgan fingerprint density at radius 1 is 1.22 bits per heavy atom. The van der Waals surface area contributed by atoms with Gasteiger partial charge in [-0.05, 0) is 58.2 Å². The SMILES string of the molecule is CCCCCC(C)N(CCC)CC1CCCNC1. The summed E-state index contributed by atoms with van der Waals surface area (Å²) >= 11 is 0. The van der Waals surface area contributed by atoms with Crippen molar-refractivity contribution >= 4 is 0 Å². The quantitative estimate of drug-likeness (QED) is 0.632. The lowest BCUT2D eigenvalue weighted by molar-refractivity contribution is 0.154. The molecular formula is C16H34N2. The number of nitrogens with one attached hydrogen (secondary N) is 1. The van der Waals surface area contributed by atoms with E-state index in [1.807, 2.05) is 0 Å². The third-order valence-corrected chi connectivity index (χ3v) is 4.25. The first-order valence-electron chi connectivity index (χ1n) is 8.22. The van der Waals surface area contributed by atoms with Gasteiger partial charge in [-0.15, -0.1) is 0 Å². The van der Waals surface area contributed by atoms with Gasteiger partial charge in [0.15, 0.2) is 0 Å². The number of hydrogen-bond donors (Lipinski definition) is 1. The van der Waals surface area contributed by atoms with Crippen LogP contribution in [0.5, 0.6) is 0 Å². The highest BCUT2D eigenvalue weighted by Crippen LogP contribution is 2.16. The molecule has 0 aromatic rings. The molecule has 1 rings (SSSR count). The fourth-order valence-corrected chi connectivity index (χ4v) is 3.06. The minimum atomic E-state index is 0.776. The second kappa shape index (κ2) is 9.80. The van der Waals surface area contributed by atoms with Crippen molar-refractivity contribution in [1.82, 2.24) is 10.2 Å². The summed E-state index contributed by atoms with van der Waals surface area (Å²) in [6.45, 7) is 12.1. The molecule has 0 bridgehead atoms. The molecule has 18 heavy (non-hydrogen) atoms. The normalized spacial score (nSPS) is 22.3. The first-order valence-corrected chi connectivity index (χ1v) is 8.22. The van der Waals surface area contributed by atoms with Gasteiger partial charge >= 0.3 is 0 Å². The Hall–Kier alpha value is -0.0800. The smallest absolute Gasteiger partial charge is 0.00670 e. The van der Waals surface area contributed by atoms with Crippen LogP contribution in [0.4, 0.5) is 0 Å². The Labute approximate surface area is 115 Å². The minimum Gasteiger partial charge on any atom is -0.316 e. The molecule has 2 unspecified atom stereocenters. The van der Waals surface area contributed by atoms with Gasteiger partial charge in [0.25, 0.3) is 0 Å². The van der Waals surface area contributed by atoms with Gasteiger partial charge in [0.05, 0.1) is 0 Å². The molecule has 0 amide bonds. The van der Waals surface area contributed by atoms with Crippen LogP contribution < -0.4 is 5.32 Å². The molecule has 0 saturated carbocycles. The lowest BCUT2D eigenvalue weighted by Gasteiger charge is -2.34. The molecule has 1 heterocycles. The van der Waals surface area contributed by atoms with Crippen molar-refractivity contribution in [3.05, 3.63) is 0 Å². The highest BCUT2D eigenvalue weighted by molar-refractivity contribution is 4.76. The predicted molar refractivity (Wildman–Crippen MR) is 81.1 cm³/mol. The van der Waals surface area contributed by atoms with E-state index in [-0.39, 0.29) is 0 Å². The number of unbranched alkanes of at least 4 members (excludes halogenated alkanes) is 2. The first-order chi connectivity index (χ1) is 8.77. The average molecular weight is 254 g/mol. The molecule has 1 N–H and O–H groups in total. The third-order valence-electron chi connectivity index (χ3n) is 4.25. The summed E-state index contributed by atoms with van der Waals surface area (Å²) in [7, 11) is 0. The maximum Gasteiger partial charge on any atom is 0.00670 e. The Morgan fingerprint density at radius 2 is 2.06 bits per heavy atom. The Bertz CT molecular complexity index is 188. The van der Waals surface area contributed by atoms with Gasteiger partial charge in [-0.25, -0.2) is 0 Å². The maximum atomic E-state index is 3.55. The van der Waals surface area contributed by atoms with Crippen LogP contribution in [0.3, 0.4) is 0 Å². The van der Waals surface area contributed by atoms with Crippen LogP contribution in [0.25, 0.3) is 0 Å². The van der Waals surface area contributed by atoms with Gasteiger partial charge in [-0.2, -0.15) is 0 Å². The Kier molecular flexibility index (Phi) is 8.70. The molecule has 0 aromatic heterocycles. The van der Waals surface area contributed by atoms with E-state index in [1.165, 1.54) is 71.1 Å². The molecule has 2 nitrogen and oxygen atoms in total. The van der Waals surface area contributed by atoms with Crippen molar-refractivity contribution < 1.29 is 0 Å². The van der Waals surface area contributed by atoms with Crippen LogP contribution in [-0.2, 0) is 0 Å². The second-order valence-corrected chi connectivity index (χ2v) is 6.05. The van der Waals surface area contributed by atoms with Crippen molar-refractivity contribution in [2.75, 3.05) is 26.2 Å². The lowest BCUT2D eigenvalue weighted by atomic mass is 9.97. The van der Waals surface area contributed by atoms with Gasteiger partial charge in [0, 0.05) is 12.6 Å². The molecule has 1 fully saturated rings. The van der Waals surface area contributed by atoms with Crippen molar-refractivity contribution in [1.29, 1.82) is 0 Å². The zero-order chi connectivity index (χ0) is 13.2. The monoisotopic (exact) mass is 254 g/mol. The fourth-order valence-electron chi connectivity index (χ4n) is 3.06. The van der Waals surface area contributed by atoms with Gasteiger partial charge < -0.3 is 10.2 Å². The van der Waals surface area contributed by atoms with E-state index in [9.17, 15) is 0 Å². The van der Waals surface area contributed by atoms with E-state index in [2.05, 4.69) is 31.0 Å². The molecule has 1 saturated heterocycles. The minimum absolute atomic E-state index is 0.776. The van der Waals surface area contributed by atoms with E-state index in [1.54, 1.807) is 0 Å². The summed E-state index contributed by atoms with van der Waals surface area (Å²) in [6.07, 6.45) is 9.61. The summed E-state index contributed by atoms with van der Waals surface area (Å²) in [5.74, 6) is 0.888. The van der Waals surface area contributed by atoms with E-state index >= 15 is 0 Å². The first kappa shape index (κ1) is 16.0. The van der Waals surface area contributed by atoms with Crippen LogP contribution in [0.2, 0.25) is 0 Å². The molecule has 0 spiro atoms. The van der Waals surface area contributed by atoms with Gasteiger partial charge in [-0.3, -0.25) is 0 Å².